The summed E-state index contributed by atoms with van der Waals surface area (Å²) in [6.07, 6.45) is 1.20. The Kier molecular flexibility index (Phi) is 4.09. The summed E-state index contributed by atoms with van der Waals surface area (Å²) < 4.78 is 13.8. The van der Waals surface area contributed by atoms with E-state index >= 15 is 0 Å². The first-order valence-corrected chi connectivity index (χ1v) is 6.60. The SMILES string of the molecule is CCN(Cc1cccs1)c1nc(NC)ncc1F. The molecule has 0 aliphatic carbocycles. The number of anilines is 2. The summed E-state index contributed by atoms with van der Waals surface area (Å²) >= 11 is 1.65. The summed E-state index contributed by atoms with van der Waals surface area (Å²) in [5, 5.41) is 4.83. The molecule has 0 saturated carbocycles. The highest BCUT2D eigenvalue weighted by molar-refractivity contribution is 7.09. The van der Waals surface area contributed by atoms with Crippen molar-refractivity contribution in [3.05, 3.63) is 34.4 Å². The second-order valence-electron chi connectivity index (χ2n) is 3.71. The zero-order valence-electron chi connectivity index (χ0n) is 10.4. The Labute approximate surface area is 110 Å². The van der Waals surface area contributed by atoms with E-state index in [1.807, 2.05) is 29.3 Å². The average molecular weight is 266 g/mol. The summed E-state index contributed by atoms with van der Waals surface area (Å²) in [6, 6.07) is 4.02. The molecule has 0 aliphatic heterocycles. The maximum Gasteiger partial charge on any atom is 0.224 e. The van der Waals surface area contributed by atoms with Crippen LogP contribution in [0.1, 0.15) is 11.8 Å². The van der Waals surface area contributed by atoms with Crippen molar-refractivity contribution in [2.24, 2.45) is 0 Å². The van der Waals surface area contributed by atoms with Crippen molar-refractivity contribution < 1.29 is 4.39 Å². The van der Waals surface area contributed by atoms with Gasteiger partial charge < -0.3 is 10.2 Å². The van der Waals surface area contributed by atoms with Crippen LogP contribution in [0.25, 0.3) is 0 Å². The fourth-order valence-corrected chi connectivity index (χ4v) is 2.35. The number of nitrogens with one attached hydrogen (secondary N) is 1. The van der Waals surface area contributed by atoms with Gasteiger partial charge in [-0.25, -0.2) is 9.37 Å². The van der Waals surface area contributed by atoms with Crippen LogP contribution in [0.4, 0.5) is 16.2 Å². The molecule has 0 amide bonds. The highest BCUT2D eigenvalue weighted by Gasteiger charge is 2.14. The third kappa shape index (κ3) is 2.76. The molecule has 4 nitrogen and oxygen atoms in total. The number of hydrogen-bond donors (Lipinski definition) is 1. The van der Waals surface area contributed by atoms with E-state index in [0.717, 1.165) is 0 Å². The first-order valence-electron chi connectivity index (χ1n) is 5.72. The van der Waals surface area contributed by atoms with E-state index in [1.165, 1.54) is 11.1 Å². The monoisotopic (exact) mass is 266 g/mol. The Hall–Kier alpha value is -1.69. The van der Waals surface area contributed by atoms with Crippen molar-refractivity contribution in [3.8, 4) is 0 Å². The van der Waals surface area contributed by atoms with Crippen molar-refractivity contribution in [1.29, 1.82) is 0 Å². The van der Waals surface area contributed by atoms with E-state index < -0.39 is 5.82 Å². The first-order chi connectivity index (χ1) is 8.74. The Bertz CT molecular complexity index is 501. The maximum atomic E-state index is 13.8. The molecule has 6 heteroatoms. The summed E-state index contributed by atoms with van der Waals surface area (Å²) in [6.45, 7) is 3.33. The number of nitrogens with zero attached hydrogens (tertiary/aromatic N) is 3. The molecule has 2 heterocycles. The van der Waals surface area contributed by atoms with Gasteiger partial charge in [-0.2, -0.15) is 4.98 Å². The summed E-state index contributed by atoms with van der Waals surface area (Å²) in [7, 11) is 1.71. The number of halogens is 1. The van der Waals surface area contributed by atoms with Gasteiger partial charge in [-0.1, -0.05) is 6.07 Å². The van der Waals surface area contributed by atoms with Crippen LogP contribution < -0.4 is 10.2 Å². The fourth-order valence-electron chi connectivity index (χ4n) is 1.63. The van der Waals surface area contributed by atoms with E-state index in [0.29, 0.717) is 24.9 Å². The van der Waals surface area contributed by atoms with Gasteiger partial charge in [0.25, 0.3) is 0 Å². The number of rotatable bonds is 5. The predicted octanol–water partition coefficient (Wildman–Crippen LogP) is 2.75. The van der Waals surface area contributed by atoms with Crippen molar-refractivity contribution in [1.82, 2.24) is 9.97 Å². The van der Waals surface area contributed by atoms with E-state index in [1.54, 1.807) is 18.4 Å². The highest BCUT2D eigenvalue weighted by atomic mass is 32.1. The lowest BCUT2D eigenvalue weighted by Crippen LogP contribution is -2.24. The van der Waals surface area contributed by atoms with Crippen LogP contribution in [0.15, 0.2) is 23.7 Å². The number of thiophene rings is 1. The van der Waals surface area contributed by atoms with Crippen LogP contribution in [0.3, 0.4) is 0 Å². The van der Waals surface area contributed by atoms with Gasteiger partial charge in [-0.3, -0.25) is 0 Å². The van der Waals surface area contributed by atoms with Crippen LogP contribution in [0.2, 0.25) is 0 Å². The quantitative estimate of drug-likeness (QED) is 0.903. The molecule has 0 saturated heterocycles. The second kappa shape index (κ2) is 5.77. The fraction of sp³-hybridized carbons (Fsp3) is 0.333. The molecule has 0 aromatic carbocycles. The van der Waals surface area contributed by atoms with Crippen molar-refractivity contribution >= 4 is 23.1 Å². The minimum atomic E-state index is -0.396. The zero-order valence-corrected chi connectivity index (χ0v) is 11.2. The largest absolute Gasteiger partial charge is 0.357 e. The zero-order chi connectivity index (χ0) is 13.0. The highest BCUT2D eigenvalue weighted by Crippen LogP contribution is 2.21. The molecule has 2 rings (SSSR count). The molecule has 96 valence electrons. The lowest BCUT2D eigenvalue weighted by atomic mass is 10.4. The number of hydrogen-bond acceptors (Lipinski definition) is 5. The first kappa shape index (κ1) is 12.8. The third-order valence-electron chi connectivity index (χ3n) is 2.56. The molecule has 2 aromatic heterocycles. The molecule has 1 N–H and O–H groups in total. The average Bonchev–Trinajstić information content (AvgIpc) is 2.90. The molecule has 0 atom stereocenters. The lowest BCUT2D eigenvalue weighted by Gasteiger charge is -2.21. The molecule has 0 spiro atoms. The van der Waals surface area contributed by atoms with Crippen LogP contribution in [-0.2, 0) is 6.54 Å². The molecule has 0 fully saturated rings. The molecular formula is C12H15FN4S. The van der Waals surface area contributed by atoms with Gasteiger partial charge in [0.05, 0.1) is 12.7 Å². The normalized spacial score (nSPS) is 10.4. The lowest BCUT2D eigenvalue weighted by molar-refractivity contribution is 0.603. The second-order valence-corrected chi connectivity index (χ2v) is 4.74. The van der Waals surface area contributed by atoms with Crippen LogP contribution in [0.5, 0.6) is 0 Å². The molecule has 0 bridgehead atoms. The predicted molar refractivity (Wildman–Crippen MR) is 72.6 cm³/mol. The van der Waals surface area contributed by atoms with Gasteiger partial charge in [0.2, 0.25) is 5.95 Å². The van der Waals surface area contributed by atoms with Crippen molar-refractivity contribution in [3.63, 3.8) is 0 Å². The van der Waals surface area contributed by atoms with E-state index in [-0.39, 0.29) is 0 Å². The molecule has 0 unspecified atom stereocenters. The van der Waals surface area contributed by atoms with Gasteiger partial charge in [0.1, 0.15) is 0 Å². The molecule has 0 aliphatic rings. The van der Waals surface area contributed by atoms with E-state index in [2.05, 4.69) is 15.3 Å². The molecule has 0 radical (unpaired) electrons. The Morgan fingerprint density at radius 3 is 2.94 bits per heavy atom. The van der Waals surface area contributed by atoms with Gasteiger partial charge in [-0.05, 0) is 18.4 Å². The standard InChI is InChI=1S/C12H15FN4S/c1-3-17(8-9-5-4-6-18-9)11-10(13)7-15-12(14-2)16-11/h4-7H,3,8H2,1-2H3,(H,14,15,16). The van der Waals surface area contributed by atoms with Crippen LogP contribution in [0, 0.1) is 5.82 Å². The summed E-state index contributed by atoms with van der Waals surface area (Å²) in [4.78, 5) is 11.1. The third-order valence-corrected chi connectivity index (χ3v) is 3.42. The number of aromatic nitrogens is 2. The smallest absolute Gasteiger partial charge is 0.224 e. The Morgan fingerprint density at radius 2 is 2.33 bits per heavy atom. The topological polar surface area (TPSA) is 41.1 Å². The van der Waals surface area contributed by atoms with Gasteiger partial charge in [0.15, 0.2) is 11.6 Å². The van der Waals surface area contributed by atoms with Gasteiger partial charge in [-0.15, -0.1) is 11.3 Å². The molecule has 18 heavy (non-hydrogen) atoms. The van der Waals surface area contributed by atoms with Gasteiger partial charge in [0, 0.05) is 18.5 Å². The Morgan fingerprint density at radius 1 is 1.50 bits per heavy atom. The summed E-state index contributed by atoms with van der Waals surface area (Å²) in [5.41, 5.74) is 0. The Balaban J connectivity index is 2.26. The van der Waals surface area contributed by atoms with E-state index in [9.17, 15) is 4.39 Å². The van der Waals surface area contributed by atoms with Crippen molar-refractivity contribution in [2.75, 3.05) is 23.8 Å². The minimum Gasteiger partial charge on any atom is -0.357 e. The van der Waals surface area contributed by atoms with E-state index in [4.69, 9.17) is 0 Å². The molecule has 2 aromatic rings. The van der Waals surface area contributed by atoms with Gasteiger partial charge >= 0.3 is 0 Å². The van der Waals surface area contributed by atoms with Crippen molar-refractivity contribution in [2.45, 2.75) is 13.5 Å². The van der Waals surface area contributed by atoms with Crippen LogP contribution >= 0.6 is 11.3 Å². The van der Waals surface area contributed by atoms with Crippen LogP contribution in [-0.4, -0.2) is 23.6 Å². The minimum absolute atomic E-state index is 0.338. The molecular weight excluding hydrogens is 251 g/mol. The maximum absolute atomic E-state index is 13.8. The summed E-state index contributed by atoms with van der Waals surface area (Å²) in [5.74, 6) is 0.369.